The van der Waals surface area contributed by atoms with Crippen LogP contribution in [0, 0.1) is 0 Å². The summed E-state index contributed by atoms with van der Waals surface area (Å²) in [4.78, 5) is 11.1. The monoisotopic (exact) mass is 313 g/mol. The van der Waals surface area contributed by atoms with Crippen LogP contribution in [0.1, 0.15) is 38.3 Å². The predicted octanol–water partition coefficient (Wildman–Crippen LogP) is 3.92. The fourth-order valence-corrected chi connectivity index (χ4v) is 2.97. The Morgan fingerprint density at radius 2 is 2.13 bits per heavy atom. The lowest BCUT2D eigenvalue weighted by Crippen LogP contribution is -2.42. The van der Waals surface area contributed by atoms with Crippen LogP contribution >= 0.6 is 0 Å². The molecule has 0 amide bonds. The van der Waals surface area contributed by atoms with E-state index in [1.165, 1.54) is 19.3 Å². The summed E-state index contributed by atoms with van der Waals surface area (Å²) in [6.45, 7) is 5.96. The molecule has 1 heterocycles. The molecule has 0 N–H and O–H groups in total. The highest BCUT2D eigenvalue weighted by Crippen LogP contribution is 2.25. The van der Waals surface area contributed by atoms with E-state index in [4.69, 9.17) is 4.74 Å². The van der Waals surface area contributed by atoms with Gasteiger partial charge in [0, 0.05) is 12.2 Å². The van der Waals surface area contributed by atoms with E-state index in [1.54, 1.807) is 12.4 Å². The summed E-state index contributed by atoms with van der Waals surface area (Å²) in [5.41, 5.74) is 1.67. The largest absolute Gasteiger partial charge is 0.488 e. The minimum atomic E-state index is 0.196. The SMILES string of the molecule is C=C(C=N/C(=C\C)c1ccccn1)O[C@H]1CCCC[C@@H]1N(C)C. The van der Waals surface area contributed by atoms with E-state index in [0.717, 1.165) is 17.8 Å². The standard InChI is InChI=1S/C19H27N3O/c1-5-16(17-10-8-9-13-20-17)21-14-15(2)23-19-12-7-6-11-18(19)22(3)4/h5,8-10,13-14,18-19H,2,6-7,11-12H2,1,3-4H3/b16-5-,21-14?/t18-,19-/m0/s1. The molecule has 1 aromatic rings. The first-order chi connectivity index (χ1) is 11.1. The van der Waals surface area contributed by atoms with Crippen molar-refractivity contribution in [2.45, 2.75) is 44.8 Å². The molecule has 124 valence electrons. The summed E-state index contributed by atoms with van der Waals surface area (Å²) in [5.74, 6) is 0.610. The van der Waals surface area contributed by atoms with Gasteiger partial charge in [-0.3, -0.25) is 9.98 Å². The Morgan fingerprint density at radius 3 is 2.78 bits per heavy atom. The number of aromatic nitrogens is 1. The lowest BCUT2D eigenvalue weighted by atomic mass is 9.91. The van der Waals surface area contributed by atoms with Crippen LogP contribution in [0.2, 0.25) is 0 Å². The lowest BCUT2D eigenvalue weighted by molar-refractivity contribution is 0.0236. The molecule has 1 aliphatic rings. The predicted molar refractivity (Wildman–Crippen MR) is 96.3 cm³/mol. The molecule has 0 spiro atoms. The van der Waals surface area contributed by atoms with Crippen molar-refractivity contribution in [2.24, 2.45) is 4.99 Å². The molecular weight excluding hydrogens is 286 g/mol. The van der Waals surface area contributed by atoms with Crippen LogP contribution in [0.3, 0.4) is 0 Å². The van der Waals surface area contributed by atoms with Gasteiger partial charge in [-0.05, 0) is 52.4 Å². The van der Waals surface area contributed by atoms with E-state index in [2.05, 4.69) is 35.6 Å². The summed E-state index contributed by atoms with van der Waals surface area (Å²) in [6.07, 6.45) is 10.3. The van der Waals surface area contributed by atoms with E-state index in [-0.39, 0.29) is 6.10 Å². The minimum Gasteiger partial charge on any atom is -0.488 e. The van der Waals surface area contributed by atoms with Crippen molar-refractivity contribution in [1.82, 2.24) is 9.88 Å². The van der Waals surface area contributed by atoms with Gasteiger partial charge in [0.1, 0.15) is 11.9 Å². The van der Waals surface area contributed by atoms with Crippen molar-refractivity contribution < 1.29 is 4.74 Å². The number of aliphatic imine (C=N–C) groups is 1. The van der Waals surface area contributed by atoms with Crippen LogP contribution < -0.4 is 0 Å². The van der Waals surface area contributed by atoms with Crippen LogP contribution in [-0.4, -0.2) is 42.3 Å². The van der Waals surface area contributed by atoms with Crippen LogP contribution in [0.25, 0.3) is 5.70 Å². The van der Waals surface area contributed by atoms with Crippen LogP contribution in [0.15, 0.2) is 47.8 Å². The maximum absolute atomic E-state index is 6.06. The number of likely N-dealkylation sites (N-methyl/N-ethyl adjacent to an activating group) is 1. The van der Waals surface area contributed by atoms with Crippen LogP contribution in [0.4, 0.5) is 0 Å². The molecule has 1 aliphatic carbocycles. The third-order valence-electron chi connectivity index (χ3n) is 4.18. The topological polar surface area (TPSA) is 37.7 Å². The molecule has 0 radical (unpaired) electrons. The minimum absolute atomic E-state index is 0.196. The maximum atomic E-state index is 6.06. The second kappa shape index (κ2) is 8.63. The van der Waals surface area contributed by atoms with Gasteiger partial charge in [-0.1, -0.05) is 25.1 Å². The number of ether oxygens (including phenoxy) is 1. The third-order valence-corrected chi connectivity index (χ3v) is 4.18. The Hall–Kier alpha value is -1.94. The third kappa shape index (κ3) is 5.03. The first kappa shape index (κ1) is 17.4. The van der Waals surface area contributed by atoms with Gasteiger partial charge in [-0.2, -0.15) is 0 Å². The Kier molecular flexibility index (Phi) is 6.53. The number of rotatable bonds is 6. The molecule has 2 rings (SSSR count). The van der Waals surface area contributed by atoms with Crippen molar-refractivity contribution in [3.05, 3.63) is 48.5 Å². The fraction of sp³-hybridized carbons (Fsp3) is 0.474. The molecule has 4 heteroatoms. The van der Waals surface area contributed by atoms with E-state index >= 15 is 0 Å². The molecule has 0 bridgehead atoms. The van der Waals surface area contributed by atoms with Gasteiger partial charge < -0.3 is 9.64 Å². The highest BCUT2D eigenvalue weighted by atomic mass is 16.5. The van der Waals surface area contributed by atoms with Gasteiger partial charge in [0.2, 0.25) is 0 Å². The van der Waals surface area contributed by atoms with E-state index in [0.29, 0.717) is 11.8 Å². The molecule has 23 heavy (non-hydrogen) atoms. The summed E-state index contributed by atoms with van der Waals surface area (Å²) < 4.78 is 6.06. The van der Waals surface area contributed by atoms with Gasteiger partial charge in [0.15, 0.2) is 0 Å². The zero-order valence-corrected chi connectivity index (χ0v) is 14.4. The summed E-state index contributed by atoms with van der Waals surface area (Å²) in [6, 6.07) is 6.24. The molecule has 2 atom stereocenters. The molecule has 4 nitrogen and oxygen atoms in total. The average Bonchev–Trinajstić information content (AvgIpc) is 2.56. The zero-order chi connectivity index (χ0) is 16.7. The van der Waals surface area contributed by atoms with Crippen molar-refractivity contribution in [3.63, 3.8) is 0 Å². The molecule has 1 aromatic heterocycles. The molecule has 1 fully saturated rings. The lowest BCUT2D eigenvalue weighted by Gasteiger charge is -2.36. The number of allylic oxidation sites excluding steroid dienone is 2. The molecular formula is C19H27N3O. The van der Waals surface area contributed by atoms with Crippen molar-refractivity contribution in [1.29, 1.82) is 0 Å². The molecule has 1 saturated carbocycles. The van der Waals surface area contributed by atoms with E-state index in [1.807, 2.05) is 31.2 Å². The van der Waals surface area contributed by atoms with Gasteiger partial charge in [-0.15, -0.1) is 0 Å². The highest BCUT2D eigenvalue weighted by Gasteiger charge is 2.28. The smallest absolute Gasteiger partial charge is 0.130 e. The Morgan fingerprint density at radius 1 is 1.35 bits per heavy atom. The highest BCUT2D eigenvalue weighted by molar-refractivity contribution is 5.81. The zero-order valence-electron chi connectivity index (χ0n) is 14.4. The summed E-state index contributed by atoms with van der Waals surface area (Å²) in [5, 5.41) is 0. The Labute approximate surface area is 139 Å². The van der Waals surface area contributed by atoms with Crippen molar-refractivity contribution >= 4 is 11.9 Å². The summed E-state index contributed by atoms with van der Waals surface area (Å²) in [7, 11) is 4.23. The van der Waals surface area contributed by atoms with E-state index < -0.39 is 0 Å². The van der Waals surface area contributed by atoms with E-state index in [9.17, 15) is 0 Å². The average molecular weight is 313 g/mol. The second-order valence-corrected chi connectivity index (χ2v) is 6.09. The second-order valence-electron chi connectivity index (χ2n) is 6.09. The summed E-state index contributed by atoms with van der Waals surface area (Å²) >= 11 is 0. The quantitative estimate of drug-likeness (QED) is 0.590. The Bertz CT molecular complexity index is 563. The normalized spacial score (nSPS) is 22.5. The number of pyridine rings is 1. The number of hydrogen-bond donors (Lipinski definition) is 0. The van der Waals surface area contributed by atoms with Crippen LogP contribution in [0.5, 0.6) is 0 Å². The molecule has 0 aliphatic heterocycles. The van der Waals surface area contributed by atoms with Crippen molar-refractivity contribution in [3.8, 4) is 0 Å². The number of hydrogen-bond acceptors (Lipinski definition) is 4. The fourth-order valence-electron chi connectivity index (χ4n) is 2.97. The van der Waals surface area contributed by atoms with Gasteiger partial charge in [0.05, 0.1) is 17.6 Å². The molecule has 0 saturated heterocycles. The first-order valence-corrected chi connectivity index (χ1v) is 8.25. The van der Waals surface area contributed by atoms with Crippen molar-refractivity contribution in [2.75, 3.05) is 14.1 Å². The van der Waals surface area contributed by atoms with Gasteiger partial charge in [0.25, 0.3) is 0 Å². The first-order valence-electron chi connectivity index (χ1n) is 8.25. The van der Waals surface area contributed by atoms with Crippen LogP contribution in [-0.2, 0) is 4.74 Å². The molecule has 0 unspecified atom stereocenters. The molecule has 0 aromatic carbocycles. The van der Waals surface area contributed by atoms with Gasteiger partial charge >= 0.3 is 0 Å². The number of nitrogens with zero attached hydrogens (tertiary/aromatic N) is 3. The Balaban J connectivity index is 1.98. The maximum Gasteiger partial charge on any atom is 0.130 e. The van der Waals surface area contributed by atoms with Gasteiger partial charge in [-0.25, -0.2) is 0 Å².